The van der Waals surface area contributed by atoms with Crippen LogP contribution in [0.2, 0.25) is 0 Å². The van der Waals surface area contributed by atoms with Crippen LogP contribution in [0.3, 0.4) is 0 Å². The maximum Gasteiger partial charge on any atom is 0.115 e. The Morgan fingerprint density at radius 2 is 2.20 bits per heavy atom. The number of ether oxygens (including phenoxy) is 1. The Morgan fingerprint density at radius 3 is 2.60 bits per heavy atom. The predicted molar refractivity (Wildman–Crippen MR) is 48.6 cm³/mol. The van der Waals surface area contributed by atoms with Gasteiger partial charge in [0, 0.05) is 5.31 Å². The molecule has 0 rings (SSSR count). The molecule has 0 atom stereocenters. The maximum absolute atomic E-state index is 5.59. The molecule has 0 amide bonds. The molecule has 0 saturated heterocycles. The summed E-state index contributed by atoms with van der Waals surface area (Å²) < 4.78 is 5.09. The van der Waals surface area contributed by atoms with Crippen LogP contribution in [-0.2, 0) is 4.74 Å². The Balaban J connectivity index is 3.48. The molecule has 0 radical (unpaired) electrons. The summed E-state index contributed by atoms with van der Waals surface area (Å²) >= 11 is 11.2. The summed E-state index contributed by atoms with van der Waals surface area (Å²) in [7, 11) is 0. The molecule has 0 aliphatic carbocycles. The second kappa shape index (κ2) is 6.27. The molecule has 0 aliphatic heterocycles. The van der Waals surface area contributed by atoms with E-state index in [9.17, 15) is 0 Å². The second-order valence-electron chi connectivity index (χ2n) is 1.86. The van der Waals surface area contributed by atoms with E-state index in [0.29, 0.717) is 0 Å². The Kier molecular flexibility index (Phi) is 6.62. The lowest BCUT2D eigenvalue weighted by Crippen LogP contribution is -1.82. The fourth-order valence-electron chi connectivity index (χ4n) is 0.337. The lowest BCUT2D eigenvalue weighted by molar-refractivity contribution is 0.249. The first-order valence-electron chi connectivity index (χ1n) is 3.08. The van der Waals surface area contributed by atoms with E-state index in [1.54, 1.807) is 6.26 Å². The van der Waals surface area contributed by atoms with Gasteiger partial charge in [-0.15, -0.1) is 0 Å². The molecular weight excluding hydrogens is 190 g/mol. The highest BCUT2D eigenvalue weighted by molar-refractivity contribution is 8.06. The van der Waals surface area contributed by atoms with Gasteiger partial charge in [0.15, 0.2) is 0 Å². The van der Waals surface area contributed by atoms with Gasteiger partial charge in [0.2, 0.25) is 0 Å². The lowest BCUT2D eigenvalue weighted by Gasteiger charge is -2.01. The van der Waals surface area contributed by atoms with Crippen LogP contribution < -0.4 is 0 Å². The van der Waals surface area contributed by atoms with Gasteiger partial charge >= 0.3 is 0 Å². The van der Waals surface area contributed by atoms with Crippen molar-refractivity contribution in [3.8, 4) is 0 Å². The van der Waals surface area contributed by atoms with Gasteiger partial charge in [-0.25, -0.2) is 0 Å². The van der Waals surface area contributed by atoms with E-state index in [2.05, 4.69) is 0 Å². The Morgan fingerprint density at radius 1 is 1.60 bits per heavy atom. The summed E-state index contributed by atoms with van der Waals surface area (Å²) in [5.41, 5.74) is 0. The quantitative estimate of drug-likeness (QED) is 0.378. The highest BCUT2D eigenvalue weighted by Crippen LogP contribution is 2.54. The first kappa shape index (κ1) is 10.6. The zero-order valence-corrected chi connectivity index (χ0v) is 8.51. The average molecular weight is 201 g/mol. The minimum atomic E-state index is -0.998. The Bertz CT molecular complexity index is 114. The third-order valence-electron chi connectivity index (χ3n) is 0.842. The van der Waals surface area contributed by atoms with E-state index < -0.39 is 6.63 Å². The molecule has 0 aliphatic rings. The summed E-state index contributed by atoms with van der Waals surface area (Å²) in [5, 5.41) is 0.909. The summed E-state index contributed by atoms with van der Waals surface area (Å²) in [4.78, 5) is 0. The van der Waals surface area contributed by atoms with Gasteiger partial charge < -0.3 is 4.74 Å². The molecule has 0 fully saturated rings. The normalized spacial score (nSPS) is 12.3. The first-order valence-corrected chi connectivity index (χ1v) is 6.23. The Labute approximate surface area is 72.7 Å². The summed E-state index contributed by atoms with van der Waals surface area (Å²) in [6.45, 7) is 3.64. The molecule has 0 aromatic rings. The van der Waals surface area contributed by atoms with E-state index in [0.717, 1.165) is 18.3 Å². The standard InChI is InChI=1S/C6H11Cl2OP/c1-3-4-9-5-6(2)10(7)8/h5H,3-4H2,1-2H3/b6-5-. The molecule has 0 N–H and O–H groups in total. The smallest absolute Gasteiger partial charge is 0.115 e. The van der Waals surface area contributed by atoms with Crippen LogP contribution in [0.25, 0.3) is 0 Å². The van der Waals surface area contributed by atoms with Gasteiger partial charge in [-0.1, -0.05) is 29.4 Å². The van der Waals surface area contributed by atoms with E-state index >= 15 is 0 Å². The molecule has 0 aromatic carbocycles. The van der Waals surface area contributed by atoms with Crippen molar-refractivity contribution in [3.05, 3.63) is 11.6 Å². The van der Waals surface area contributed by atoms with Crippen molar-refractivity contribution in [2.75, 3.05) is 6.61 Å². The minimum absolute atomic E-state index is 0.730. The summed E-state index contributed by atoms with van der Waals surface area (Å²) in [5.74, 6) is 0. The van der Waals surface area contributed by atoms with Gasteiger partial charge in [0.25, 0.3) is 0 Å². The van der Waals surface area contributed by atoms with Crippen LogP contribution in [0.5, 0.6) is 0 Å². The molecule has 0 spiro atoms. The third kappa shape index (κ3) is 5.34. The van der Waals surface area contributed by atoms with Crippen molar-refractivity contribution < 1.29 is 4.74 Å². The topological polar surface area (TPSA) is 9.23 Å². The molecule has 4 heteroatoms. The molecule has 0 unspecified atom stereocenters. The van der Waals surface area contributed by atoms with Crippen LogP contribution in [0, 0.1) is 0 Å². The van der Waals surface area contributed by atoms with Crippen LogP contribution in [0.1, 0.15) is 20.3 Å². The largest absolute Gasteiger partial charge is 0.501 e. The summed E-state index contributed by atoms with van der Waals surface area (Å²) in [6, 6.07) is 0. The average Bonchev–Trinajstić information content (AvgIpc) is 1.88. The van der Waals surface area contributed by atoms with E-state index in [4.69, 9.17) is 27.2 Å². The lowest BCUT2D eigenvalue weighted by atomic mass is 10.5. The highest BCUT2D eigenvalue weighted by atomic mass is 35.9. The fourth-order valence-corrected chi connectivity index (χ4v) is 0.730. The van der Waals surface area contributed by atoms with E-state index in [1.165, 1.54) is 0 Å². The van der Waals surface area contributed by atoms with Crippen molar-refractivity contribution in [2.24, 2.45) is 0 Å². The maximum atomic E-state index is 5.59. The zero-order valence-electron chi connectivity index (χ0n) is 6.10. The van der Waals surface area contributed by atoms with Crippen LogP contribution >= 0.6 is 29.1 Å². The molecule has 10 heavy (non-hydrogen) atoms. The van der Waals surface area contributed by atoms with E-state index in [-0.39, 0.29) is 0 Å². The van der Waals surface area contributed by atoms with Crippen molar-refractivity contribution >= 4 is 29.1 Å². The second-order valence-corrected chi connectivity index (χ2v) is 5.58. The molecular formula is C6H11Cl2OP. The van der Waals surface area contributed by atoms with Crippen molar-refractivity contribution in [3.63, 3.8) is 0 Å². The van der Waals surface area contributed by atoms with Crippen molar-refractivity contribution in [2.45, 2.75) is 20.3 Å². The number of allylic oxidation sites excluding steroid dienone is 1. The first-order chi connectivity index (χ1) is 4.68. The number of hydrogen-bond donors (Lipinski definition) is 0. The SMILES string of the molecule is CCCO/C=C(/C)P(Cl)Cl. The third-order valence-corrected chi connectivity index (χ3v) is 3.08. The van der Waals surface area contributed by atoms with E-state index in [1.807, 2.05) is 13.8 Å². The van der Waals surface area contributed by atoms with Crippen LogP contribution in [0.15, 0.2) is 11.6 Å². The number of hydrogen-bond acceptors (Lipinski definition) is 1. The summed E-state index contributed by atoms with van der Waals surface area (Å²) in [6.07, 6.45) is 2.64. The molecule has 0 heterocycles. The van der Waals surface area contributed by atoms with Crippen molar-refractivity contribution in [1.29, 1.82) is 0 Å². The Hall–Kier alpha value is 0.550. The van der Waals surface area contributed by atoms with Crippen LogP contribution in [-0.4, -0.2) is 6.61 Å². The number of halogens is 2. The molecule has 60 valence electrons. The number of rotatable bonds is 4. The molecule has 0 aromatic heterocycles. The van der Waals surface area contributed by atoms with Gasteiger partial charge in [-0.2, -0.15) is 0 Å². The zero-order chi connectivity index (χ0) is 7.98. The minimum Gasteiger partial charge on any atom is -0.501 e. The van der Waals surface area contributed by atoms with Gasteiger partial charge in [0.05, 0.1) is 12.9 Å². The predicted octanol–water partition coefficient (Wildman–Crippen LogP) is 4.06. The molecule has 0 bridgehead atoms. The molecule has 1 nitrogen and oxygen atoms in total. The van der Waals surface area contributed by atoms with Crippen molar-refractivity contribution in [1.82, 2.24) is 0 Å². The van der Waals surface area contributed by atoms with Gasteiger partial charge in [-0.3, -0.25) is 0 Å². The molecule has 0 saturated carbocycles. The monoisotopic (exact) mass is 200 g/mol. The fraction of sp³-hybridized carbons (Fsp3) is 0.667. The van der Waals surface area contributed by atoms with Gasteiger partial charge in [0.1, 0.15) is 6.63 Å². The van der Waals surface area contributed by atoms with Gasteiger partial charge in [-0.05, 0) is 13.3 Å². The highest BCUT2D eigenvalue weighted by Gasteiger charge is 2.00. The van der Waals surface area contributed by atoms with Crippen LogP contribution in [0.4, 0.5) is 0 Å².